The van der Waals surface area contributed by atoms with Crippen LogP contribution in [-0.4, -0.2) is 58.9 Å². The van der Waals surface area contributed by atoms with Crippen LogP contribution in [0.25, 0.3) is 0 Å². The van der Waals surface area contributed by atoms with E-state index in [1.807, 2.05) is 0 Å². The van der Waals surface area contributed by atoms with Gasteiger partial charge >= 0.3 is 6.36 Å². The number of benzene rings is 1. The molecule has 0 N–H and O–H groups in total. The summed E-state index contributed by atoms with van der Waals surface area (Å²) >= 11 is 0. The second-order valence-corrected chi connectivity index (χ2v) is 9.30. The summed E-state index contributed by atoms with van der Waals surface area (Å²) in [5, 5.41) is 4.19. The molecular weight excluding hydrogens is 409 g/mol. The van der Waals surface area contributed by atoms with Gasteiger partial charge in [-0.15, -0.1) is 13.2 Å². The van der Waals surface area contributed by atoms with E-state index >= 15 is 0 Å². The predicted octanol–water partition coefficient (Wildman–Crippen LogP) is 3.61. The fourth-order valence-electron chi connectivity index (χ4n) is 3.28. The largest absolute Gasteiger partial charge is 0.573 e. The highest BCUT2D eigenvalue weighted by molar-refractivity contribution is 7.98. The molecule has 0 radical (unpaired) electrons. The second kappa shape index (κ2) is 9.36. The van der Waals surface area contributed by atoms with Gasteiger partial charge in [-0.25, -0.2) is 8.51 Å². The molecule has 2 heterocycles. The number of oxime groups is 1. The Labute approximate surface area is 168 Å². The van der Waals surface area contributed by atoms with Gasteiger partial charge in [0, 0.05) is 37.4 Å². The molecule has 0 saturated carbocycles. The van der Waals surface area contributed by atoms with Gasteiger partial charge in [0.2, 0.25) is 0 Å². The van der Waals surface area contributed by atoms with Gasteiger partial charge in [-0.2, -0.15) is 0 Å². The highest BCUT2D eigenvalue weighted by atomic mass is 32.2. The predicted molar refractivity (Wildman–Crippen MR) is 104 cm³/mol. The maximum absolute atomic E-state index is 13.1. The Kier molecular flexibility index (Phi) is 7.07. The lowest BCUT2D eigenvalue weighted by molar-refractivity contribution is -0.274. The molecular formula is C19H25F3N2O4S. The van der Waals surface area contributed by atoms with Crippen molar-refractivity contribution in [1.82, 2.24) is 4.31 Å². The molecule has 29 heavy (non-hydrogen) atoms. The third-order valence-corrected chi connectivity index (χ3v) is 7.08. The molecule has 10 heteroatoms. The van der Waals surface area contributed by atoms with Crippen molar-refractivity contribution in [2.24, 2.45) is 5.16 Å². The highest BCUT2D eigenvalue weighted by Gasteiger charge is 2.31. The Bertz CT molecular complexity index is 794. The minimum Gasteiger partial charge on any atom is -0.406 e. The van der Waals surface area contributed by atoms with Crippen LogP contribution < -0.4 is 4.74 Å². The van der Waals surface area contributed by atoms with E-state index in [0.717, 1.165) is 43.7 Å². The van der Waals surface area contributed by atoms with Crippen molar-refractivity contribution in [3.63, 3.8) is 0 Å². The standard InChI is InChI=1S/C19H25F3N2O4S/c1-29(25,18-7-5-16(6-8-18)28-19(20,21)22)24-11-9-15(10-12-24)23-27-14-17-4-2-3-13-26-17/h5-8,17H,1-4,9-14H2. The molecule has 0 bridgehead atoms. The van der Waals surface area contributed by atoms with Crippen LogP contribution >= 0.6 is 0 Å². The zero-order valence-electron chi connectivity index (χ0n) is 16.0. The Morgan fingerprint density at radius 2 is 1.90 bits per heavy atom. The molecule has 6 nitrogen and oxygen atoms in total. The lowest BCUT2D eigenvalue weighted by Gasteiger charge is -2.30. The average Bonchev–Trinajstić information content (AvgIpc) is 2.68. The Morgan fingerprint density at radius 3 is 2.48 bits per heavy atom. The average molecular weight is 434 g/mol. The molecule has 0 aromatic heterocycles. The summed E-state index contributed by atoms with van der Waals surface area (Å²) in [5.41, 5.74) is 0.890. The first-order valence-corrected chi connectivity index (χ1v) is 11.2. The smallest absolute Gasteiger partial charge is 0.406 e. The Hall–Kier alpha value is -1.78. The van der Waals surface area contributed by atoms with Crippen LogP contribution in [0.3, 0.4) is 0 Å². The third-order valence-electron chi connectivity index (χ3n) is 4.87. The maximum atomic E-state index is 13.1. The molecule has 0 spiro atoms. The molecule has 2 atom stereocenters. The van der Waals surface area contributed by atoms with Gasteiger partial charge in [0.15, 0.2) is 0 Å². The number of hydrogen-bond donors (Lipinski definition) is 0. The van der Waals surface area contributed by atoms with Gasteiger partial charge in [0.05, 0.1) is 21.5 Å². The molecule has 2 aliphatic rings. The van der Waals surface area contributed by atoms with E-state index in [4.69, 9.17) is 9.57 Å². The van der Waals surface area contributed by atoms with Crippen molar-refractivity contribution in [2.45, 2.75) is 49.5 Å². The number of alkyl halides is 3. The quantitative estimate of drug-likeness (QED) is 0.507. The molecule has 1 aromatic carbocycles. The van der Waals surface area contributed by atoms with Gasteiger partial charge in [0.1, 0.15) is 12.4 Å². The number of piperidine rings is 1. The van der Waals surface area contributed by atoms with Gasteiger partial charge in [-0.1, -0.05) is 5.16 Å². The summed E-state index contributed by atoms with van der Waals surface area (Å²) in [6.07, 6.45) is -0.281. The van der Waals surface area contributed by atoms with Gasteiger partial charge in [-0.3, -0.25) is 0 Å². The molecule has 162 valence electrons. The zero-order chi connectivity index (χ0) is 20.9. The molecule has 2 aliphatic heterocycles. The normalized spacial score (nSPS) is 23.3. The zero-order valence-corrected chi connectivity index (χ0v) is 16.8. The van der Waals surface area contributed by atoms with E-state index < -0.39 is 16.1 Å². The Morgan fingerprint density at radius 1 is 1.21 bits per heavy atom. The SMILES string of the molecule is C=S(=O)(c1ccc(OC(F)(F)F)cc1)N1CCC(=NOCC2CCCCO2)CC1. The van der Waals surface area contributed by atoms with E-state index in [0.29, 0.717) is 37.4 Å². The summed E-state index contributed by atoms with van der Waals surface area (Å²) in [6, 6.07) is 5.00. The van der Waals surface area contributed by atoms with Crippen molar-refractivity contribution in [3.05, 3.63) is 24.3 Å². The van der Waals surface area contributed by atoms with E-state index in [1.165, 1.54) is 12.1 Å². The number of hydrogen-bond acceptors (Lipinski definition) is 5. The first-order valence-electron chi connectivity index (χ1n) is 9.51. The van der Waals surface area contributed by atoms with Crippen LogP contribution in [0.4, 0.5) is 13.2 Å². The van der Waals surface area contributed by atoms with Crippen molar-refractivity contribution < 1.29 is 31.7 Å². The van der Waals surface area contributed by atoms with E-state index in [1.54, 1.807) is 4.31 Å². The molecule has 2 fully saturated rings. The monoisotopic (exact) mass is 434 g/mol. The number of halogens is 3. The molecule has 0 amide bonds. The van der Waals surface area contributed by atoms with Gasteiger partial charge in [-0.05, 0) is 49.4 Å². The number of nitrogens with zero attached hydrogens (tertiary/aromatic N) is 2. The van der Waals surface area contributed by atoms with Crippen molar-refractivity contribution in [2.75, 3.05) is 26.3 Å². The van der Waals surface area contributed by atoms with E-state index in [9.17, 15) is 17.4 Å². The van der Waals surface area contributed by atoms with Crippen LogP contribution in [0.1, 0.15) is 32.1 Å². The van der Waals surface area contributed by atoms with Crippen LogP contribution in [0, 0.1) is 0 Å². The minimum atomic E-state index is -4.76. The van der Waals surface area contributed by atoms with Gasteiger partial charge < -0.3 is 14.3 Å². The van der Waals surface area contributed by atoms with Crippen LogP contribution in [0.2, 0.25) is 0 Å². The summed E-state index contributed by atoms with van der Waals surface area (Å²) in [5.74, 6) is 3.46. The fraction of sp³-hybridized carbons (Fsp3) is 0.579. The lowest BCUT2D eigenvalue weighted by Crippen LogP contribution is -2.38. The summed E-state index contributed by atoms with van der Waals surface area (Å²) in [6.45, 7) is 2.16. The minimum absolute atomic E-state index is 0.0936. The van der Waals surface area contributed by atoms with Crippen LogP contribution in [0.15, 0.2) is 34.3 Å². The molecule has 2 unspecified atom stereocenters. The van der Waals surface area contributed by atoms with Crippen molar-refractivity contribution in [1.29, 1.82) is 0 Å². The third kappa shape index (κ3) is 6.35. The van der Waals surface area contributed by atoms with Crippen LogP contribution in [0.5, 0.6) is 5.75 Å². The molecule has 3 rings (SSSR count). The first kappa shape index (κ1) is 21.9. The van der Waals surface area contributed by atoms with E-state index in [2.05, 4.69) is 15.8 Å². The van der Waals surface area contributed by atoms with Crippen molar-refractivity contribution >= 4 is 21.3 Å². The maximum Gasteiger partial charge on any atom is 0.573 e. The topological polar surface area (TPSA) is 60.4 Å². The highest BCUT2D eigenvalue weighted by Crippen LogP contribution is 2.26. The lowest BCUT2D eigenvalue weighted by atomic mass is 10.1. The van der Waals surface area contributed by atoms with E-state index in [-0.39, 0.29) is 11.9 Å². The van der Waals surface area contributed by atoms with Crippen LogP contribution in [-0.2, 0) is 19.3 Å². The summed E-state index contributed by atoms with van der Waals surface area (Å²) in [7, 11) is -2.80. The van der Waals surface area contributed by atoms with Crippen molar-refractivity contribution in [3.8, 4) is 5.75 Å². The van der Waals surface area contributed by atoms with Gasteiger partial charge in [0.25, 0.3) is 0 Å². The first-order chi connectivity index (χ1) is 13.7. The Balaban J connectivity index is 1.51. The molecule has 2 saturated heterocycles. The number of ether oxygens (including phenoxy) is 2. The fourth-order valence-corrected chi connectivity index (χ4v) is 4.92. The summed E-state index contributed by atoms with van der Waals surface area (Å²) < 4.78 is 61.1. The summed E-state index contributed by atoms with van der Waals surface area (Å²) in [4.78, 5) is 5.78. The molecule has 1 aromatic rings. The number of rotatable bonds is 6. The second-order valence-electron chi connectivity index (χ2n) is 7.03. The molecule has 0 aliphatic carbocycles.